The number of hydrogen-bond donors (Lipinski definition) is 3. The van der Waals surface area contributed by atoms with Crippen LogP contribution in [0.15, 0.2) is 29.2 Å². The summed E-state index contributed by atoms with van der Waals surface area (Å²) in [4.78, 5) is 11.4. The number of rotatable bonds is 6. The van der Waals surface area contributed by atoms with Gasteiger partial charge in [0.15, 0.2) is 0 Å². The number of anilines is 1. The zero-order valence-corrected chi connectivity index (χ0v) is 12.8. The fourth-order valence-corrected chi connectivity index (χ4v) is 2.55. The van der Waals surface area contributed by atoms with Crippen LogP contribution in [0.2, 0.25) is 0 Å². The van der Waals surface area contributed by atoms with Crippen molar-refractivity contribution in [1.82, 2.24) is 4.72 Å². The second-order valence-corrected chi connectivity index (χ2v) is 7.01. The summed E-state index contributed by atoms with van der Waals surface area (Å²) in [6, 6.07) is 5.99. The molecule has 6 nitrogen and oxygen atoms in total. The van der Waals surface area contributed by atoms with Crippen LogP contribution in [0.5, 0.6) is 0 Å². The minimum Gasteiger partial charge on any atom is -0.326 e. The first kappa shape index (κ1) is 16.6. The Hall–Kier alpha value is -1.44. The lowest BCUT2D eigenvalue weighted by Crippen LogP contribution is -2.45. The Morgan fingerprint density at radius 3 is 2.25 bits per heavy atom. The molecule has 0 saturated carbocycles. The lowest BCUT2D eigenvalue weighted by Gasteiger charge is -2.19. The van der Waals surface area contributed by atoms with E-state index in [0.29, 0.717) is 12.1 Å². The van der Waals surface area contributed by atoms with Crippen LogP contribution in [0.4, 0.5) is 5.69 Å². The Kier molecular flexibility index (Phi) is 5.27. The van der Waals surface area contributed by atoms with Gasteiger partial charge in [0.2, 0.25) is 15.9 Å². The van der Waals surface area contributed by atoms with E-state index in [2.05, 4.69) is 10.0 Å². The molecule has 0 atom stereocenters. The maximum absolute atomic E-state index is 12.0. The zero-order valence-electron chi connectivity index (χ0n) is 11.9. The summed E-state index contributed by atoms with van der Waals surface area (Å²) in [6.07, 6.45) is 0.368. The Labute approximate surface area is 119 Å². The molecule has 4 N–H and O–H groups in total. The van der Waals surface area contributed by atoms with Crippen molar-refractivity contribution in [3.05, 3.63) is 24.3 Å². The van der Waals surface area contributed by atoms with Crippen molar-refractivity contribution in [2.45, 2.75) is 37.6 Å². The van der Waals surface area contributed by atoms with Crippen molar-refractivity contribution in [3.8, 4) is 0 Å². The smallest absolute Gasteiger partial charge is 0.240 e. The largest absolute Gasteiger partial charge is 0.326 e. The molecule has 7 heteroatoms. The molecular formula is C13H21N3O3S. The van der Waals surface area contributed by atoms with Gasteiger partial charge in [-0.3, -0.25) is 4.79 Å². The minimum absolute atomic E-state index is 0.122. The molecule has 1 aromatic carbocycles. The third kappa shape index (κ3) is 5.28. The highest BCUT2D eigenvalue weighted by atomic mass is 32.2. The third-order valence-electron chi connectivity index (χ3n) is 2.49. The molecule has 0 bridgehead atoms. The first-order valence-corrected chi connectivity index (χ1v) is 7.81. The normalized spacial score (nSPS) is 12.2. The Balaban J connectivity index is 2.79. The van der Waals surface area contributed by atoms with Gasteiger partial charge in [-0.2, -0.15) is 0 Å². The van der Waals surface area contributed by atoms with E-state index in [0.717, 1.165) is 0 Å². The summed E-state index contributed by atoms with van der Waals surface area (Å²) in [5.74, 6) is -0.122. The molecule has 1 amide bonds. The summed E-state index contributed by atoms with van der Waals surface area (Å²) >= 11 is 0. The van der Waals surface area contributed by atoms with Gasteiger partial charge in [-0.1, -0.05) is 6.92 Å². The summed E-state index contributed by atoms with van der Waals surface area (Å²) in [7, 11) is -3.59. The number of sulfonamides is 1. The van der Waals surface area contributed by atoms with Crippen molar-refractivity contribution in [3.63, 3.8) is 0 Å². The predicted octanol–water partition coefficient (Wildman–Crippen LogP) is 1.05. The van der Waals surface area contributed by atoms with Gasteiger partial charge < -0.3 is 11.1 Å². The van der Waals surface area contributed by atoms with Gasteiger partial charge in [0.05, 0.1) is 4.90 Å². The average Bonchev–Trinajstić information content (AvgIpc) is 2.36. The van der Waals surface area contributed by atoms with Crippen LogP contribution in [0.3, 0.4) is 0 Å². The van der Waals surface area contributed by atoms with Gasteiger partial charge in [-0.05, 0) is 38.1 Å². The Morgan fingerprint density at radius 2 is 1.80 bits per heavy atom. The van der Waals surface area contributed by atoms with Crippen LogP contribution in [0.1, 0.15) is 27.2 Å². The predicted molar refractivity (Wildman–Crippen MR) is 78.8 cm³/mol. The number of hydrogen-bond acceptors (Lipinski definition) is 4. The van der Waals surface area contributed by atoms with Crippen molar-refractivity contribution in [2.75, 3.05) is 11.9 Å². The molecule has 0 unspecified atom stereocenters. The van der Waals surface area contributed by atoms with Crippen LogP contribution in [-0.4, -0.2) is 26.4 Å². The molecular weight excluding hydrogens is 278 g/mol. The molecule has 0 fully saturated rings. The number of nitrogens with one attached hydrogen (secondary N) is 2. The second kappa shape index (κ2) is 6.34. The van der Waals surface area contributed by atoms with Crippen molar-refractivity contribution < 1.29 is 13.2 Å². The maximum Gasteiger partial charge on any atom is 0.240 e. The number of carbonyl (C=O) groups excluding carboxylic acids is 1. The lowest BCUT2D eigenvalue weighted by molar-refractivity contribution is -0.115. The zero-order chi connectivity index (χ0) is 15.4. The molecule has 20 heavy (non-hydrogen) atoms. The molecule has 0 aliphatic carbocycles. The lowest BCUT2D eigenvalue weighted by atomic mass is 10.1. The van der Waals surface area contributed by atoms with Gasteiger partial charge in [-0.15, -0.1) is 0 Å². The molecule has 0 aliphatic heterocycles. The molecule has 0 spiro atoms. The topological polar surface area (TPSA) is 101 Å². The summed E-state index contributed by atoms with van der Waals surface area (Å²) < 4.78 is 26.5. The molecule has 1 aromatic rings. The SMILES string of the molecule is CCC(=O)Nc1ccc(S(=O)(=O)NCC(C)(C)N)cc1. The monoisotopic (exact) mass is 299 g/mol. The van der Waals surface area contributed by atoms with E-state index in [1.54, 1.807) is 32.9 Å². The van der Waals surface area contributed by atoms with Gasteiger partial charge >= 0.3 is 0 Å². The first-order valence-electron chi connectivity index (χ1n) is 6.32. The summed E-state index contributed by atoms with van der Waals surface area (Å²) in [6.45, 7) is 5.36. The number of carbonyl (C=O) groups is 1. The highest BCUT2D eigenvalue weighted by Crippen LogP contribution is 2.14. The third-order valence-corrected chi connectivity index (χ3v) is 3.90. The first-order chi connectivity index (χ1) is 9.14. The van der Waals surface area contributed by atoms with Gasteiger partial charge in [0.25, 0.3) is 0 Å². The van der Waals surface area contributed by atoms with E-state index in [4.69, 9.17) is 5.73 Å². The van der Waals surface area contributed by atoms with Gasteiger partial charge in [0.1, 0.15) is 0 Å². The fraction of sp³-hybridized carbons (Fsp3) is 0.462. The summed E-state index contributed by atoms with van der Waals surface area (Å²) in [5, 5.41) is 2.65. The van der Waals surface area contributed by atoms with Crippen molar-refractivity contribution >= 4 is 21.6 Å². The molecule has 0 heterocycles. The van der Waals surface area contributed by atoms with E-state index in [-0.39, 0.29) is 17.3 Å². The van der Waals surface area contributed by atoms with Gasteiger partial charge in [-0.25, -0.2) is 13.1 Å². The quantitative estimate of drug-likeness (QED) is 0.730. The fourth-order valence-electron chi connectivity index (χ4n) is 1.33. The van der Waals surface area contributed by atoms with Crippen LogP contribution >= 0.6 is 0 Å². The van der Waals surface area contributed by atoms with E-state index < -0.39 is 15.6 Å². The minimum atomic E-state index is -3.59. The van der Waals surface area contributed by atoms with Crippen LogP contribution in [0.25, 0.3) is 0 Å². The van der Waals surface area contributed by atoms with Crippen molar-refractivity contribution in [1.29, 1.82) is 0 Å². The number of nitrogens with two attached hydrogens (primary N) is 1. The van der Waals surface area contributed by atoms with Crippen LogP contribution in [-0.2, 0) is 14.8 Å². The Bertz CT molecular complexity index is 560. The molecule has 1 rings (SSSR count). The second-order valence-electron chi connectivity index (χ2n) is 5.24. The van der Waals surface area contributed by atoms with Crippen molar-refractivity contribution in [2.24, 2.45) is 5.73 Å². The molecule has 0 radical (unpaired) electrons. The van der Waals surface area contributed by atoms with E-state index in [1.165, 1.54) is 12.1 Å². The highest BCUT2D eigenvalue weighted by Gasteiger charge is 2.18. The van der Waals surface area contributed by atoms with E-state index in [9.17, 15) is 13.2 Å². The molecule has 112 valence electrons. The summed E-state index contributed by atoms with van der Waals surface area (Å²) in [5.41, 5.74) is 5.68. The Morgan fingerprint density at radius 1 is 1.25 bits per heavy atom. The molecule has 0 aromatic heterocycles. The average molecular weight is 299 g/mol. The highest BCUT2D eigenvalue weighted by molar-refractivity contribution is 7.89. The number of benzene rings is 1. The van der Waals surface area contributed by atoms with E-state index in [1.807, 2.05) is 0 Å². The standard InChI is InChI=1S/C13H21N3O3S/c1-4-12(17)16-10-5-7-11(8-6-10)20(18,19)15-9-13(2,3)14/h5-8,15H,4,9,14H2,1-3H3,(H,16,17). The van der Waals surface area contributed by atoms with Gasteiger partial charge in [0, 0.05) is 24.2 Å². The van der Waals surface area contributed by atoms with Crippen LogP contribution in [0, 0.1) is 0 Å². The molecule has 0 saturated heterocycles. The maximum atomic E-state index is 12.0. The van der Waals surface area contributed by atoms with E-state index >= 15 is 0 Å². The molecule has 0 aliphatic rings. The van der Waals surface area contributed by atoms with Crippen LogP contribution < -0.4 is 15.8 Å². The number of amides is 1.